The van der Waals surface area contributed by atoms with Crippen LogP contribution in [0.15, 0.2) is 0 Å². The minimum absolute atomic E-state index is 1.39. The molecule has 1 atom stereocenters. The van der Waals surface area contributed by atoms with Gasteiger partial charge in [-0.3, -0.25) is 0 Å². The molecule has 8 heavy (non-hydrogen) atoms. The molecule has 0 amide bonds. The molecule has 0 aliphatic carbocycles. The van der Waals surface area contributed by atoms with E-state index >= 15 is 0 Å². The Bertz CT molecular complexity index is 70.2. The predicted molar refractivity (Wildman–Crippen MR) is 43.3 cm³/mol. The molecule has 1 unspecified atom stereocenters. The molecule has 0 aromatic rings. The summed E-state index contributed by atoms with van der Waals surface area (Å²) in [6.45, 7) is 5.74. The maximum Gasteiger partial charge on any atom is 0.274 e. The van der Waals surface area contributed by atoms with Gasteiger partial charge in [-0.2, -0.15) is 0 Å². The van der Waals surface area contributed by atoms with Gasteiger partial charge in [-0.15, -0.1) is 22.2 Å². The van der Waals surface area contributed by atoms with Crippen molar-refractivity contribution in [3.63, 3.8) is 0 Å². The summed E-state index contributed by atoms with van der Waals surface area (Å²) in [5.74, 6) is 0. The molecule has 0 heterocycles. The fraction of sp³-hybridized carbons (Fsp3) is 1.00. The van der Waals surface area contributed by atoms with Crippen LogP contribution in [0.25, 0.3) is 0 Å². The van der Waals surface area contributed by atoms with Gasteiger partial charge in [0.15, 0.2) is 0 Å². The summed E-state index contributed by atoms with van der Waals surface area (Å²) in [5.41, 5.74) is 0. The number of rotatable bonds is 2. The van der Waals surface area contributed by atoms with Gasteiger partial charge in [-0.1, -0.05) is 0 Å². The van der Waals surface area contributed by atoms with E-state index in [4.69, 9.17) is 26.3 Å². The molecule has 0 rings (SSSR count). The highest BCUT2D eigenvalue weighted by molar-refractivity contribution is 7.20. The van der Waals surface area contributed by atoms with Crippen molar-refractivity contribution in [3.8, 4) is 0 Å². The maximum atomic E-state index is 5.80. The largest absolute Gasteiger partial charge is 0.435 e. The van der Waals surface area contributed by atoms with Gasteiger partial charge in [0.1, 0.15) is 0 Å². The highest BCUT2D eigenvalue weighted by Gasteiger charge is 2.20. The van der Waals surface area contributed by atoms with Gasteiger partial charge in [0.25, 0.3) is 16.0 Å². The van der Waals surface area contributed by atoms with Crippen LogP contribution in [0.5, 0.6) is 0 Å². The van der Waals surface area contributed by atoms with Crippen LogP contribution in [0.3, 0.4) is 0 Å². The molecule has 5 heteroatoms. The zero-order valence-corrected chi connectivity index (χ0v) is 8.91. The average Bonchev–Trinajstić information content (AvgIpc) is 1.21. The molecule has 0 fully saturated rings. The predicted octanol–water partition coefficient (Wildman–Crippen LogP) is 2.03. The minimum Gasteiger partial charge on any atom is -0.435 e. The molecule has 0 aromatic carbocycles. The Morgan fingerprint density at radius 2 is 1.88 bits per heavy atom. The smallest absolute Gasteiger partial charge is 0.274 e. The Labute approximate surface area is 62.2 Å². The third-order valence-electron chi connectivity index (χ3n) is 0.443. The Morgan fingerprint density at radius 1 is 1.50 bits per heavy atom. The van der Waals surface area contributed by atoms with Crippen LogP contribution in [0.1, 0.15) is 0 Å². The van der Waals surface area contributed by atoms with Crippen LogP contribution >= 0.6 is 22.2 Å². The number of halogens is 2. The number of hydrogen-bond donors (Lipinski definition) is 0. The first-order valence-electron chi connectivity index (χ1n) is 2.42. The standard InChI is InChI=1S/C3H10Cl2OSi2/c1-7(4)6-8(2,3)5/h7H,1-3H3. The van der Waals surface area contributed by atoms with Crippen molar-refractivity contribution in [2.75, 3.05) is 0 Å². The summed E-state index contributed by atoms with van der Waals surface area (Å²) >= 11 is 11.4. The highest BCUT2D eigenvalue weighted by atomic mass is 35.6. The van der Waals surface area contributed by atoms with E-state index in [0.29, 0.717) is 0 Å². The Balaban J connectivity index is 3.39. The van der Waals surface area contributed by atoms with Gasteiger partial charge in [-0.25, -0.2) is 0 Å². The van der Waals surface area contributed by atoms with Crippen molar-refractivity contribution in [2.24, 2.45) is 0 Å². The molecular formula is C3H10Cl2OSi2. The van der Waals surface area contributed by atoms with Crippen molar-refractivity contribution in [1.29, 1.82) is 0 Å². The maximum absolute atomic E-state index is 5.80. The molecule has 1 nitrogen and oxygen atoms in total. The van der Waals surface area contributed by atoms with Gasteiger partial charge in [0.05, 0.1) is 0 Å². The lowest BCUT2D eigenvalue weighted by molar-refractivity contribution is 0.612. The van der Waals surface area contributed by atoms with E-state index in [1.54, 1.807) is 0 Å². The van der Waals surface area contributed by atoms with Gasteiger partial charge in [0.2, 0.25) is 0 Å². The van der Waals surface area contributed by atoms with Crippen molar-refractivity contribution in [1.82, 2.24) is 0 Å². The Hall–Kier alpha value is 0.974. The van der Waals surface area contributed by atoms with Crippen LogP contribution in [0, 0.1) is 0 Å². The lowest BCUT2D eigenvalue weighted by Gasteiger charge is -2.15. The van der Waals surface area contributed by atoms with Crippen LogP contribution in [-0.4, -0.2) is 16.0 Å². The molecular weight excluding hydrogens is 179 g/mol. The van der Waals surface area contributed by atoms with Crippen LogP contribution in [0.4, 0.5) is 0 Å². The van der Waals surface area contributed by atoms with Gasteiger partial charge < -0.3 is 4.12 Å². The lowest BCUT2D eigenvalue weighted by atomic mass is 11.9. The second-order valence-electron chi connectivity index (χ2n) is 2.02. The highest BCUT2D eigenvalue weighted by Crippen LogP contribution is 2.11. The molecule has 0 saturated carbocycles. The van der Waals surface area contributed by atoms with Crippen molar-refractivity contribution in [2.45, 2.75) is 19.6 Å². The van der Waals surface area contributed by atoms with E-state index in [1.165, 1.54) is 0 Å². The third kappa shape index (κ3) is 6.97. The first-order chi connectivity index (χ1) is 3.42. The molecule has 0 spiro atoms. The fourth-order valence-corrected chi connectivity index (χ4v) is 7.09. The van der Waals surface area contributed by atoms with Crippen molar-refractivity contribution in [3.05, 3.63) is 0 Å². The van der Waals surface area contributed by atoms with Crippen molar-refractivity contribution >= 4 is 38.1 Å². The Morgan fingerprint density at radius 3 is 1.88 bits per heavy atom. The summed E-state index contributed by atoms with van der Waals surface area (Å²) in [5, 5.41) is 0. The molecule has 0 aromatic heterocycles. The van der Waals surface area contributed by atoms with E-state index in [0.717, 1.165) is 0 Å². The van der Waals surface area contributed by atoms with E-state index in [2.05, 4.69) is 0 Å². The normalized spacial score (nSPS) is 16.1. The van der Waals surface area contributed by atoms with Gasteiger partial charge in [-0.05, 0) is 19.6 Å². The second kappa shape index (κ2) is 3.22. The topological polar surface area (TPSA) is 9.23 Å². The van der Waals surface area contributed by atoms with E-state index in [9.17, 15) is 0 Å². The molecule has 0 N–H and O–H groups in total. The van der Waals surface area contributed by atoms with Crippen LogP contribution in [0.2, 0.25) is 19.6 Å². The second-order valence-corrected chi connectivity index (χ2v) is 11.4. The summed E-state index contributed by atoms with van der Waals surface area (Å²) in [6.07, 6.45) is 0. The molecule has 0 saturated heterocycles. The number of hydrogen-bond acceptors (Lipinski definition) is 1. The Kier molecular flexibility index (Phi) is 3.61. The minimum atomic E-state index is -1.82. The first kappa shape index (κ1) is 8.97. The summed E-state index contributed by atoms with van der Waals surface area (Å²) in [4.78, 5) is 0. The fourth-order valence-electron chi connectivity index (χ4n) is 0.386. The quantitative estimate of drug-likeness (QED) is 0.477. The molecule has 50 valence electrons. The van der Waals surface area contributed by atoms with Crippen LogP contribution in [-0.2, 0) is 4.12 Å². The SMILES string of the molecule is C[SiH](Cl)O[Si](C)(C)Cl. The molecule has 0 bridgehead atoms. The summed E-state index contributed by atoms with van der Waals surface area (Å²) in [6, 6.07) is 0. The van der Waals surface area contributed by atoms with E-state index in [1.807, 2.05) is 19.6 Å². The van der Waals surface area contributed by atoms with E-state index < -0.39 is 16.0 Å². The monoisotopic (exact) mass is 188 g/mol. The summed E-state index contributed by atoms with van der Waals surface area (Å²) in [7, 11) is -3.21. The lowest BCUT2D eigenvalue weighted by Crippen LogP contribution is -2.27. The first-order valence-corrected chi connectivity index (χ1v) is 9.72. The third-order valence-corrected chi connectivity index (χ3v) is 5.59. The molecule has 0 aliphatic rings. The van der Waals surface area contributed by atoms with Crippen molar-refractivity contribution < 1.29 is 4.12 Å². The molecule has 0 aliphatic heterocycles. The summed E-state index contributed by atoms with van der Waals surface area (Å²) < 4.78 is 5.25. The van der Waals surface area contributed by atoms with Gasteiger partial charge in [0, 0.05) is 0 Å². The van der Waals surface area contributed by atoms with Crippen LogP contribution < -0.4 is 0 Å². The average molecular weight is 189 g/mol. The zero-order valence-electron chi connectivity index (χ0n) is 5.24. The van der Waals surface area contributed by atoms with Gasteiger partial charge >= 0.3 is 0 Å². The zero-order chi connectivity index (χ0) is 6.78. The molecule has 0 radical (unpaired) electrons. The van der Waals surface area contributed by atoms with E-state index in [-0.39, 0.29) is 0 Å².